The molecule has 0 aliphatic rings. The summed E-state index contributed by atoms with van der Waals surface area (Å²) in [5.41, 5.74) is 4.05. The van der Waals surface area contributed by atoms with Gasteiger partial charge in [-0.05, 0) is 64.2 Å². The van der Waals surface area contributed by atoms with Crippen LogP contribution in [0.15, 0.2) is 22.6 Å². The van der Waals surface area contributed by atoms with E-state index >= 15 is 0 Å². The summed E-state index contributed by atoms with van der Waals surface area (Å²) in [6, 6.07) is 3.71. The number of rotatable bonds is 6. The molecule has 2 rings (SSSR count). The quantitative estimate of drug-likeness (QED) is 0.246. The second kappa shape index (κ2) is 8.78. The Bertz CT molecular complexity index is 734. The van der Waals surface area contributed by atoms with E-state index in [4.69, 9.17) is 4.74 Å². The third kappa shape index (κ3) is 5.57. The van der Waals surface area contributed by atoms with Crippen LogP contribution in [0.25, 0.3) is 0 Å². The number of aromatic hydroxyl groups is 1. The van der Waals surface area contributed by atoms with Crippen molar-refractivity contribution in [1.29, 1.82) is 0 Å². The molecule has 6 nitrogen and oxygen atoms in total. The van der Waals surface area contributed by atoms with Gasteiger partial charge in [-0.25, -0.2) is 4.98 Å². The van der Waals surface area contributed by atoms with E-state index in [1.807, 2.05) is 12.1 Å². The number of benzene rings is 1. The SMILES string of the molecule is CCOC(=O)Cc1csc(NN=Cc2cc(I)cc(I)c2O)n1. The van der Waals surface area contributed by atoms with Crippen molar-refractivity contribution in [2.75, 3.05) is 12.0 Å². The molecule has 2 aromatic rings. The molecule has 0 saturated heterocycles. The maximum absolute atomic E-state index is 11.4. The number of halogens is 2. The Hall–Kier alpha value is -0.950. The first-order valence-electron chi connectivity index (χ1n) is 6.56. The van der Waals surface area contributed by atoms with Crippen molar-refractivity contribution in [1.82, 2.24) is 4.98 Å². The average Bonchev–Trinajstić information content (AvgIpc) is 2.91. The monoisotopic (exact) mass is 557 g/mol. The zero-order valence-electron chi connectivity index (χ0n) is 12.0. The number of carbonyl (C=O) groups excluding carboxylic acids is 1. The van der Waals surface area contributed by atoms with Gasteiger partial charge in [0.15, 0.2) is 0 Å². The molecule has 0 fully saturated rings. The predicted molar refractivity (Wildman–Crippen MR) is 107 cm³/mol. The van der Waals surface area contributed by atoms with Gasteiger partial charge in [0.2, 0.25) is 5.13 Å². The number of nitrogens with zero attached hydrogens (tertiary/aromatic N) is 2. The summed E-state index contributed by atoms with van der Waals surface area (Å²) >= 11 is 5.60. The number of phenolic OH excluding ortho intramolecular Hbond substituents is 1. The van der Waals surface area contributed by atoms with Gasteiger partial charge in [0.1, 0.15) is 5.75 Å². The van der Waals surface area contributed by atoms with Crippen molar-refractivity contribution >= 4 is 73.8 Å². The van der Waals surface area contributed by atoms with Crippen molar-refractivity contribution in [3.63, 3.8) is 0 Å². The first kappa shape index (κ1) is 18.4. The zero-order chi connectivity index (χ0) is 16.8. The lowest BCUT2D eigenvalue weighted by molar-refractivity contribution is -0.142. The molecule has 0 bridgehead atoms. The van der Waals surface area contributed by atoms with Crippen molar-refractivity contribution in [2.45, 2.75) is 13.3 Å². The summed E-state index contributed by atoms with van der Waals surface area (Å²) in [4.78, 5) is 15.6. The van der Waals surface area contributed by atoms with Gasteiger partial charge in [0.25, 0.3) is 0 Å². The smallest absolute Gasteiger partial charge is 0.311 e. The molecule has 1 heterocycles. The lowest BCUT2D eigenvalue weighted by atomic mass is 10.2. The molecule has 0 saturated carbocycles. The van der Waals surface area contributed by atoms with Crippen molar-refractivity contribution in [3.8, 4) is 5.75 Å². The van der Waals surface area contributed by atoms with Crippen LogP contribution < -0.4 is 5.43 Å². The lowest BCUT2D eigenvalue weighted by Crippen LogP contribution is -2.07. The number of ether oxygens (including phenoxy) is 1. The molecule has 2 N–H and O–H groups in total. The van der Waals surface area contributed by atoms with Crippen molar-refractivity contribution < 1.29 is 14.6 Å². The summed E-state index contributed by atoms with van der Waals surface area (Å²) in [5, 5.41) is 16.4. The summed E-state index contributed by atoms with van der Waals surface area (Å²) in [5.74, 6) is -0.107. The van der Waals surface area contributed by atoms with E-state index in [0.717, 1.165) is 7.14 Å². The number of carbonyl (C=O) groups is 1. The summed E-state index contributed by atoms with van der Waals surface area (Å²) in [6.45, 7) is 2.12. The van der Waals surface area contributed by atoms with Crippen LogP contribution in [0.1, 0.15) is 18.2 Å². The normalized spacial score (nSPS) is 10.9. The van der Waals surface area contributed by atoms with E-state index in [1.54, 1.807) is 12.3 Å². The van der Waals surface area contributed by atoms with Gasteiger partial charge in [0, 0.05) is 14.5 Å². The van der Waals surface area contributed by atoms with Gasteiger partial charge in [0.05, 0.1) is 28.5 Å². The molecule has 0 aliphatic heterocycles. The number of anilines is 1. The fourth-order valence-electron chi connectivity index (χ4n) is 1.64. The topological polar surface area (TPSA) is 83.8 Å². The van der Waals surface area contributed by atoms with Gasteiger partial charge in [-0.1, -0.05) is 0 Å². The first-order valence-corrected chi connectivity index (χ1v) is 9.60. The van der Waals surface area contributed by atoms with Crippen LogP contribution in [0.2, 0.25) is 0 Å². The third-order valence-corrected chi connectivity index (χ3v) is 4.84. The summed E-state index contributed by atoms with van der Waals surface area (Å²) in [6.07, 6.45) is 1.68. The number of hydrogen-bond donors (Lipinski definition) is 2. The van der Waals surface area contributed by atoms with Gasteiger partial charge < -0.3 is 9.84 Å². The molecule has 1 aromatic carbocycles. The Labute approximate surface area is 164 Å². The molecule has 9 heteroatoms. The minimum absolute atomic E-state index is 0.144. The van der Waals surface area contributed by atoms with Gasteiger partial charge in [-0.15, -0.1) is 11.3 Å². The zero-order valence-corrected chi connectivity index (χ0v) is 17.2. The number of thiazole rings is 1. The second-order valence-electron chi connectivity index (χ2n) is 4.32. The Morgan fingerprint density at radius 1 is 1.52 bits per heavy atom. The molecule has 0 unspecified atom stereocenters. The highest BCUT2D eigenvalue weighted by Crippen LogP contribution is 2.25. The van der Waals surface area contributed by atoms with Crippen LogP contribution >= 0.6 is 56.5 Å². The van der Waals surface area contributed by atoms with E-state index in [9.17, 15) is 9.90 Å². The largest absolute Gasteiger partial charge is 0.506 e. The van der Waals surface area contributed by atoms with Crippen LogP contribution in [0, 0.1) is 7.14 Å². The van der Waals surface area contributed by atoms with Gasteiger partial charge in [-0.3, -0.25) is 10.2 Å². The van der Waals surface area contributed by atoms with Crippen molar-refractivity contribution in [3.05, 3.63) is 35.9 Å². The minimum atomic E-state index is -0.300. The maximum Gasteiger partial charge on any atom is 0.311 e. The number of hydrazone groups is 1. The fraction of sp³-hybridized carbons (Fsp3) is 0.214. The first-order chi connectivity index (χ1) is 11.0. The van der Waals surface area contributed by atoms with Gasteiger partial charge in [-0.2, -0.15) is 5.10 Å². The molecule has 1 aromatic heterocycles. The van der Waals surface area contributed by atoms with E-state index in [2.05, 4.69) is 60.7 Å². The fourth-order valence-corrected chi connectivity index (χ4v) is 4.19. The molecule has 23 heavy (non-hydrogen) atoms. The number of nitrogens with one attached hydrogen (secondary N) is 1. The van der Waals surface area contributed by atoms with Crippen LogP contribution in [0.4, 0.5) is 5.13 Å². The minimum Gasteiger partial charge on any atom is -0.506 e. The third-order valence-electron chi connectivity index (χ3n) is 2.60. The van der Waals surface area contributed by atoms with E-state index in [0.29, 0.717) is 23.0 Å². The number of esters is 1. The lowest BCUT2D eigenvalue weighted by Gasteiger charge is -2.02. The Morgan fingerprint density at radius 2 is 2.30 bits per heavy atom. The van der Waals surface area contributed by atoms with E-state index < -0.39 is 0 Å². The molecule has 0 spiro atoms. The Morgan fingerprint density at radius 3 is 3.04 bits per heavy atom. The molecule has 0 radical (unpaired) electrons. The molecular formula is C14H13I2N3O3S. The van der Waals surface area contributed by atoms with Crippen LogP contribution in [0.3, 0.4) is 0 Å². The maximum atomic E-state index is 11.4. The van der Waals surface area contributed by atoms with E-state index in [-0.39, 0.29) is 18.1 Å². The molecule has 0 aliphatic carbocycles. The van der Waals surface area contributed by atoms with Crippen molar-refractivity contribution in [2.24, 2.45) is 5.10 Å². The molecule has 122 valence electrons. The molecular weight excluding hydrogens is 544 g/mol. The van der Waals surface area contributed by atoms with Crippen LogP contribution in [-0.2, 0) is 16.0 Å². The Balaban J connectivity index is 1.99. The van der Waals surface area contributed by atoms with E-state index in [1.165, 1.54) is 17.6 Å². The predicted octanol–water partition coefficient (Wildman–Crippen LogP) is 3.61. The highest BCUT2D eigenvalue weighted by molar-refractivity contribution is 14.1. The highest BCUT2D eigenvalue weighted by Gasteiger charge is 2.08. The highest BCUT2D eigenvalue weighted by atomic mass is 127. The number of aromatic nitrogens is 1. The Kier molecular flexibility index (Phi) is 7.02. The van der Waals surface area contributed by atoms with Crippen LogP contribution in [0.5, 0.6) is 5.75 Å². The standard InChI is InChI=1S/C14H13I2N3O3S/c1-2-22-12(20)5-10-7-23-14(18-10)19-17-6-8-3-9(15)4-11(16)13(8)21/h3-4,6-7,21H,2,5H2,1H3,(H,18,19). The summed E-state index contributed by atoms with van der Waals surface area (Å²) in [7, 11) is 0. The molecule has 0 atom stereocenters. The average molecular weight is 557 g/mol. The molecule has 0 amide bonds. The second-order valence-corrected chi connectivity index (χ2v) is 7.59. The number of hydrogen-bond acceptors (Lipinski definition) is 7. The summed E-state index contributed by atoms with van der Waals surface area (Å²) < 4.78 is 6.65. The van der Waals surface area contributed by atoms with Crippen LogP contribution in [-0.4, -0.2) is 28.9 Å². The number of phenols is 1. The van der Waals surface area contributed by atoms with Gasteiger partial charge >= 0.3 is 5.97 Å².